The lowest BCUT2D eigenvalue weighted by Crippen LogP contribution is -2.49. The van der Waals surface area contributed by atoms with E-state index in [1.165, 1.54) is 18.4 Å². The van der Waals surface area contributed by atoms with Gasteiger partial charge < -0.3 is 19.4 Å². The molecule has 1 aliphatic heterocycles. The molecule has 1 aliphatic rings. The summed E-state index contributed by atoms with van der Waals surface area (Å²) in [5.41, 5.74) is 1.09. The highest BCUT2D eigenvalue weighted by Gasteiger charge is 2.50. The van der Waals surface area contributed by atoms with Gasteiger partial charge in [-0.15, -0.1) is 11.3 Å². The summed E-state index contributed by atoms with van der Waals surface area (Å²) in [5, 5.41) is 4.82. The Morgan fingerprint density at radius 2 is 1.91 bits per heavy atom. The Morgan fingerprint density at radius 1 is 1.09 bits per heavy atom. The molecule has 242 valence electrons. The van der Waals surface area contributed by atoms with Crippen LogP contribution in [0.15, 0.2) is 73.3 Å². The Kier molecular flexibility index (Phi) is 9.49. The number of rotatable bonds is 10. The summed E-state index contributed by atoms with van der Waals surface area (Å²) in [4.78, 5) is 50.5. The first-order valence-electron chi connectivity index (χ1n) is 14.9. The number of pyridine rings is 1. The van der Waals surface area contributed by atoms with Crippen molar-refractivity contribution in [3.63, 3.8) is 0 Å². The number of carbonyl (C=O) groups is 3. The zero-order valence-electron chi connectivity index (χ0n) is 25.7. The number of nitrogens with zero attached hydrogens (tertiary/aromatic N) is 4. The van der Waals surface area contributed by atoms with Gasteiger partial charge in [-0.3, -0.25) is 24.3 Å². The normalized spacial score (nSPS) is 16.0. The fraction of sp³-hybridized carbons (Fsp3) is 0.265. The molecule has 1 N–H and O–H groups in total. The number of thiazole rings is 1. The second-order valence-electron chi connectivity index (χ2n) is 11.2. The number of amides is 2. The number of aromatic nitrogens is 3. The molecule has 1 fully saturated rings. The number of halogens is 2. The molecule has 0 saturated carbocycles. The van der Waals surface area contributed by atoms with E-state index in [1.807, 2.05) is 35.9 Å². The van der Waals surface area contributed by atoms with Gasteiger partial charge >= 0.3 is 5.97 Å². The van der Waals surface area contributed by atoms with Crippen molar-refractivity contribution in [3.8, 4) is 5.75 Å². The molecular formula is C34H31Cl2N5O5S. The van der Waals surface area contributed by atoms with Crippen LogP contribution in [0.5, 0.6) is 5.75 Å². The Labute approximate surface area is 285 Å². The molecule has 1 saturated heterocycles. The minimum Gasteiger partial charge on any atom is -0.469 e. The molecule has 0 spiro atoms. The Balaban J connectivity index is 1.24. The van der Waals surface area contributed by atoms with Crippen molar-refractivity contribution in [2.24, 2.45) is 7.05 Å². The van der Waals surface area contributed by atoms with Crippen LogP contribution in [0.1, 0.15) is 45.1 Å². The zero-order chi connectivity index (χ0) is 33.1. The molecule has 0 unspecified atom stereocenters. The Bertz CT molecular complexity index is 1960. The molecule has 0 aliphatic carbocycles. The number of hydrogen-bond acceptors (Lipinski definition) is 8. The number of esters is 1. The van der Waals surface area contributed by atoms with Crippen LogP contribution in [0.3, 0.4) is 0 Å². The molecule has 1 atom stereocenters. The van der Waals surface area contributed by atoms with Crippen LogP contribution in [0.2, 0.25) is 10.0 Å². The predicted octanol–water partition coefficient (Wildman–Crippen LogP) is 6.79. The van der Waals surface area contributed by atoms with Gasteiger partial charge in [-0.05, 0) is 48.7 Å². The van der Waals surface area contributed by atoms with Gasteiger partial charge in [-0.1, -0.05) is 41.4 Å². The first-order chi connectivity index (χ1) is 22.7. The van der Waals surface area contributed by atoms with Crippen LogP contribution in [-0.4, -0.2) is 50.9 Å². The highest BCUT2D eigenvalue weighted by Crippen LogP contribution is 2.43. The predicted molar refractivity (Wildman–Crippen MR) is 181 cm³/mol. The van der Waals surface area contributed by atoms with Crippen LogP contribution < -0.4 is 10.1 Å². The number of aryl methyl sites for hydroxylation is 2. The van der Waals surface area contributed by atoms with E-state index in [4.69, 9.17) is 32.7 Å². The summed E-state index contributed by atoms with van der Waals surface area (Å²) in [5.74, 6) is -0.380. The van der Waals surface area contributed by atoms with Crippen LogP contribution in [-0.2, 0) is 39.9 Å². The van der Waals surface area contributed by atoms with Crippen molar-refractivity contribution in [2.45, 2.75) is 37.8 Å². The Hall–Kier alpha value is -4.45. The fourth-order valence-corrected chi connectivity index (χ4v) is 7.35. The number of likely N-dealkylation sites (tertiary alicyclic amines) is 1. The van der Waals surface area contributed by atoms with Crippen LogP contribution in [0.25, 0.3) is 10.9 Å². The third-order valence-electron chi connectivity index (χ3n) is 8.11. The summed E-state index contributed by atoms with van der Waals surface area (Å²) >= 11 is 14.7. The third kappa shape index (κ3) is 6.69. The van der Waals surface area contributed by atoms with Crippen molar-refractivity contribution < 1.29 is 23.9 Å². The highest BCUT2D eigenvalue weighted by atomic mass is 35.5. The van der Waals surface area contributed by atoms with Crippen molar-refractivity contribution >= 4 is 68.9 Å². The number of carbonyl (C=O) groups excluding carboxylic acids is 3. The second-order valence-corrected chi connectivity index (χ2v) is 13.1. The second kappa shape index (κ2) is 13.7. The zero-order valence-corrected chi connectivity index (χ0v) is 28.0. The summed E-state index contributed by atoms with van der Waals surface area (Å²) in [6, 6.07) is 14.3. The highest BCUT2D eigenvalue weighted by molar-refractivity contribution is 7.11. The quantitative estimate of drug-likeness (QED) is 0.160. The number of methoxy groups -OCH3 is 1. The van der Waals surface area contributed by atoms with Gasteiger partial charge in [0.15, 0.2) is 5.01 Å². The molecule has 0 radical (unpaired) electrons. The lowest BCUT2D eigenvalue weighted by atomic mass is 10.1. The van der Waals surface area contributed by atoms with E-state index in [9.17, 15) is 14.4 Å². The number of anilines is 1. The van der Waals surface area contributed by atoms with Crippen LogP contribution in [0.4, 0.5) is 5.69 Å². The molecule has 3 aromatic heterocycles. The number of para-hydroxylation sites is 1. The van der Waals surface area contributed by atoms with Crippen molar-refractivity contribution in [1.29, 1.82) is 0 Å². The third-order valence-corrected chi connectivity index (χ3v) is 9.97. The molecule has 10 nitrogen and oxygen atoms in total. The van der Waals surface area contributed by atoms with Crippen molar-refractivity contribution in [2.75, 3.05) is 19.0 Å². The molecule has 5 aromatic rings. The SMILES string of the molecule is COC(=O)CCc1cnc([C@@]2(Oc3cccnc3)CCCN2C(=O)Cc2cc(Cl)c(NC(=O)c3cn(C)c4ccccc34)cc2Cl)s1. The molecule has 47 heavy (non-hydrogen) atoms. The lowest BCUT2D eigenvalue weighted by molar-refractivity contribution is -0.148. The van der Waals surface area contributed by atoms with Gasteiger partial charge in [0.05, 0.1) is 42.4 Å². The molecule has 13 heteroatoms. The molecule has 0 bridgehead atoms. The maximum absolute atomic E-state index is 14.1. The van der Waals surface area contributed by atoms with Gasteiger partial charge in [0.25, 0.3) is 5.91 Å². The molecule has 6 rings (SSSR count). The first kappa shape index (κ1) is 32.5. The van der Waals surface area contributed by atoms with Gasteiger partial charge in [-0.25, -0.2) is 4.98 Å². The molecule has 4 heterocycles. The summed E-state index contributed by atoms with van der Waals surface area (Å²) in [7, 11) is 3.23. The Morgan fingerprint density at radius 3 is 2.70 bits per heavy atom. The minimum atomic E-state index is -1.18. The number of nitrogens with one attached hydrogen (secondary N) is 1. The van der Waals surface area contributed by atoms with Gasteiger partial charge in [-0.2, -0.15) is 0 Å². The fourth-order valence-electron chi connectivity index (χ4n) is 5.81. The van der Waals surface area contributed by atoms with Crippen molar-refractivity contribution in [3.05, 3.63) is 104 Å². The molecular weight excluding hydrogens is 661 g/mol. The number of hydrogen-bond donors (Lipinski definition) is 1. The summed E-state index contributed by atoms with van der Waals surface area (Å²) in [6.45, 7) is 0.431. The maximum Gasteiger partial charge on any atom is 0.305 e. The lowest BCUT2D eigenvalue weighted by Gasteiger charge is -2.37. The topological polar surface area (TPSA) is 116 Å². The average molecular weight is 693 g/mol. The monoisotopic (exact) mass is 691 g/mol. The summed E-state index contributed by atoms with van der Waals surface area (Å²) < 4.78 is 13.2. The van der Waals surface area contributed by atoms with E-state index in [2.05, 4.69) is 15.3 Å². The maximum atomic E-state index is 14.1. The average Bonchev–Trinajstić information content (AvgIpc) is 3.81. The summed E-state index contributed by atoms with van der Waals surface area (Å²) in [6.07, 6.45) is 8.51. The van der Waals surface area contributed by atoms with Gasteiger partial charge in [0.2, 0.25) is 11.6 Å². The number of fused-ring (bicyclic) bond motifs is 1. The van der Waals surface area contributed by atoms with Crippen molar-refractivity contribution in [1.82, 2.24) is 19.4 Å². The largest absolute Gasteiger partial charge is 0.469 e. The van der Waals surface area contributed by atoms with Gasteiger partial charge in [0.1, 0.15) is 5.75 Å². The van der Waals surface area contributed by atoms with Gasteiger partial charge in [0, 0.05) is 59.4 Å². The van der Waals surface area contributed by atoms with E-state index >= 15 is 0 Å². The van der Waals surface area contributed by atoms with Crippen LogP contribution in [0, 0.1) is 0 Å². The number of ether oxygens (including phenoxy) is 2. The smallest absolute Gasteiger partial charge is 0.305 e. The van der Waals surface area contributed by atoms with E-state index in [0.717, 1.165) is 15.8 Å². The van der Waals surface area contributed by atoms with E-state index in [-0.39, 0.29) is 40.7 Å². The van der Waals surface area contributed by atoms with Crippen LogP contribution >= 0.6 is 34.5 Å². The van der Waals surface area contributed by atoms with E-state index in [0.29, 0.717) is 53.4 Å². The molecule has 2 amide bonds. The first-order valence-corrected chi connectivity index (χ1v) is 16.5. The number of benzene rings is 2. The van der Waals surface area contributed by atoms with E-state index < -0.39 is 5.72 Å². The minimum absolute atomic E-state index is 0.0607. The molecule has 2 aromatic carbocycles. The van der Waals surface area contributed by atoms with E-state index in [1.54, 1.807) is 54.0 Å². The standard InChI is InChI=1S/C34H31Cl2N5O5S/c1-40-20-25(24-8-3-4-9-29(24)40)32(44)39-28-17-26(35)21(15-27(28)36)16-30(42)41-14-6-12-34(41,46-22-7-5-13-37-18-22)33-38-19-23(47-33)10-11-31(43)45-2/h3-5,7-9,13,15,17-20H,6,10-12,14,16H2,1-2H3,(H,39,44)/t34-/m0/s1.